The fourth-order valence-corrected chi connectivity index (χ4v) is 2.54. The Labute approximate surface area is 108 Å². The Hall–Kier alpha value is -1.22. The van der Waals surface area contributed by atoms with Crippen LogP contribution in [0.5, 0.6) is 0 Å². The Morgan fingerprint density at radius 1 is 1.28 bits per heavy atom. The summed E-state index contributed by atoms with van der Waals surface area (Å²) in [6, 6.07) is 6.10. The van der Waals surface area contributed by atoms with Crippen molar-refractivity contribution >= 4 is 5.78 Å². The Morgan fingerprint density at radius 2 is 2.00 bits per heavy atom. The largest absolute Gasteiger partial charge is 0.313 e. The molecule has 0 spiro atoms. The Bertz CT molecular complexity index is 393. The van der Waals surface area contributed by atoms with E-state index in [0.717, 1.165) is 13.0 Å². The summed E-state index contributed by atoms with van der Waals surface area (Å²) >= 11 is 0. The monoisotopic (exact) mass is 249 g/mol. The maximum Gasteiger partial charge on any atom is 0.167 e. The molecule has 2 unspecified atom stereocenters. The van der Waals surface area contributed by atoms with Gasteiger partial charge >= 0.3 is 0 Å². The molecular formula is C15H20FNO. The second-order valence-corrected chi connectivity index (χ2v) is 5.07. The third-order valence-corrected chi connectivity index (χ3v) is 3.74. The number of halogens is 1. The molecule has 0 radical (unpaired) electrons. The first kappa shape index (κ1) is 13.2. The SMILES string of the molecule is CC(C(=O)c1ccc(F)cc1)C1CCCCCN1. The Kier molecular flexibility index (Phi) is 4.48. The maximum atomic E-state index is 12.8. The van der Waals surface area contributed by atoms with Crippen LogP contribution in [0.4, 0.5) is 4.39 Å². The van der Waals surface area contributed by atoms with Crippen LogP contribution in [0.2, 0.25) is 0 Å². The minimum atomic E-state index is -0.299. The van der Waals surface area contributed by atoms with Gasteiger partial charge in [-0.25, -0.2) is 4.39 Å². The van der Waals surface area contributed by atoms with Crippen molar-refractivity contribution in [2.45, 2.75) is 38.6 Å². The molecule has 1 heterocycles. The fraction of sp³-hybridized carbons (Fsp3) is 0.533. The van der Waals surface area contributed by atoms with Crippen molar-refractivity contribution < 1.29 is 9.18 Å². The predicted molar refractivity (Wildman–Crippen MR) is 70.2 cm³/mol. The Balaban J connectivity index is 2.05. The first-order valence-electron chi connectivity index (χ1n) is 6.71. The van der Waals surface area contributed by atoms with Crippen molar-refractivity contribution in [2.75, 3.05) is 6.54 Å². The van der Waals surface area contributed by atoms with Gasteiger partial charge in [-0.1, -0.05) is 19.8 Å². The van der Waals surface area contributed by atoms with Gasteiger partial charge in [-0.3, -0.25) is 4.79 Å². The zero-order valence-electron chi connectivity index (χ0n) is 10.8. The maximum absolute atomic E-state index is 12.8. The summed E-state index contributed by atoms with van der Waals surface area (Å²) in [6.45, 7) is 2.96. The number of nitrogens with one attached hydrogen (secondary N) is 1. The molecular weight excluding hydrogens is 229 g/mol. The molecule has 0 aliphatic carbocycles. The number of rotatable bonds is 3. The van der Waals surface area contributed by atoms with Crippen LogP contribution in [0, 0.1) is 11.7 Å². The van der Waals surface area contributed by atoms with E-state index in [1.165, 1.54) is 31.4 Å². The van der Waals surface area contributed by atoms with Gasteiger partial charge in [0.1, 0.15) is 5.82 Å². The Morgan fingerprint density at radius 3 is 2.72 bits per heavy atom. The molecule has 0 aromatic heterocycles. The van der Waals surface area contributed by atoms with Gasteiger partial charge in [0.25, 0.3) is 0 Å². The molecule has 1 aromatic carbocycles. The van der Waals surface area contributed by atoms with Gasteiger partial charge in [-0.2, -0.15) is 0 Å². The highest BCUT2D eigenvalue weighted by molar-refractivity contribution is 5.98. The van der Waals surface area contributed by atoms with Gasteiger partial charge < -0.3 is 5.32 Å². The molecule has 18 heavy (non-hydrogen) atoms. The number of carbonyl (C=O) groups is 1. The van der Waals surface area contributed by atoms with Crippen molar-refractivity contribution in [3.05, 3.63) is 35.6 Å². The van der Waals surface area contributed by atoms with E-state index in [0.29, 0.717) is 5.56 Å². The topological polar surface area (TPSA) is 29.1 Å². The van der Waals surface area contributed by atoms with Crippen LogP contribution in [0.25, 0.3) is 0 Å². The number of hydrogen-bond acceptors (Lipinski definition) is 2. The summed E-state index contributed by atoms with van der Waals surface area (Å²) in [5.41, 5.74) is 0.606. The molecule has 1 fully saturated rings. The van der Waals surface area contributed by atoms with Crippen LogP contribution in [-0.4, -0.2) is 18.4 Å². The van der Waals surface area contributed by atoms with Crippen LogP contribution in [-0.2, 0) is 0 Å². The zero-order chi connectivity index (χ0) is 13.0. The minimum Gasteiger partial charge on any atom is -0.313 e. The molecule has 98 valence electrons. The van der Waals surface area contributed by atoms with Gasteiger partial charge in [0.15, 0.2) is 5.78 Å². The lowest BCUT2D eigenvalue weighted by molar-refractivity contribution is 0.0900. The summed E-state index contributed by atoms with van der Waals surface area (Å²) in [5, 5.41) is 3.45. The molecule has 1 saturated heterocycles. The van der Waals surface area contributed by atoms with E-state index in [4.69, 9.17) is 0 Å². The van der Waals surface area contributed by atoms with E-state index in [1.54, 1.807) is 12.1 Å². The number of carbonyl (C=O) groups excluding carboxylic acids is 1. The summed E-state index contributed by atoms with van der Waals surface area (Å²) < 4.78 is 12.8. The van der Waals surface area contributed by atoms with E-state index in [-0.39, 0.29) is 23.6 Å². The molecule has 2 nitrogen and oxygen atoms in total. The average molecular weight is 249 g/mol. The van der Waals surface area contributed by atoms with E-state index >= 15 is 0 Å². The van der Waals surface area contributed by atoms with E-state index in [1.807, 2.05) is 6.92 Å². The van der Waals surface area contributed by atoms with Crippen molar-refractivity contribution in [2.24, 2.45) is 5.92 Å². The van der Waals surface area contributed by atoms with Gasteiger partial charge in [0, 0.05) is 17.5 Å². The molecule has 2 atom stereocenters. The molecule has 0 bridgehead atoms. The second-order valence-electron chi connectivity index (χ2n) is 5.07. The molecule has 1 aliphatic rings. The summed E-state index contributed by atoms with van der Waals surface area (Å²) in [6.07, 6.45) is 4.65. The van der Waals surface area contributed by atoms with Crippen molar-refractivity contribution in [3.8, 4) is 0 Å². The molecule has 1 aromatic rings. The lowest BCUT2D eigenvalue weighted by atomic mass is 9.90. The van der Waals surface area contributed by atoms with Crippen LogP contribution in [0.3, 0.4) is 0 Å². The lowest BCUT2D eigenvalue weighted by Crippen LogP contribution is -2.38. The third-order valence-electron chi connectivity index (χ3n) is 3.74. The highest BCUT2D eigenvalue weighted by Gasteiger charge is 2.25. The van der Waals surface area contributed by atoms with Gasteiger partial charge in [0.2, 0.25) is 0 Å². The standard InChI is InChI=1S/C15H20FNO/c1-11(14-5-3-2-4-10-17-14)15(18)12-6-8-13(16)9-7-12/h6-9,11,14,17H,2-5,10H2,1H3. The number of hydrogen-bond donors (Lipinski definition) is 1. The van der Waals surface area contributed by atoms with Crippen LogP contribution in [0.1, 0.15) is 43.0 Å². The van der Waals surface area contributed by atoms with E-state index < -0.39 is 0 Å². The van der Waals surface area contributed by atoms with E-state index in [9.17, 15) is 9.18 Å². The van der Waals surface area contributed by atoms with Crippen molar-refractivity contribution in [1.29, 1.82) is 0 Å². The number of benzene rings is 1. The summed E-state index contributed by atoms with van der Waals surface area (Å²) in [4.78, 5) is 12.3. The van der Waals surface area contributed by atoms with Crippen LogP contribution >= 0.6 is 0 Å². The highest BCUT2D eigenvalue weighted by atomic mass is 19.1. The smallest absolute Gasteiger partial charge is 0.167 e. The lowest BCUT2D eigenvalue weighted by Gasteiger charge is -2.22. The predicted octanol–water partition coefficient (Wildman–Crippen LogP) is 3.18. The first-order valence-corrected chi connectivity index (χ1v) is 6.71. The third kappa shape index (κ3) is 3.16. The minimum absolute atomic E-state index is 0.0476. The fourth-order valence-electron chi connectivity index (χ4n) is 2.54. The molecule has 0 saturated carbocycles. The summed E-state index contributed by atoms with van der Waals surface area (Å²) in [5.74, 6) is -0.241. The van der Waals surface area contributed by atoms with Gasteiger partial charge in [-0.05, 0) is 43.7 Å². The first-order chi connectivity index (χ1) is 8.68. The van der Waals surface area contributed by atoms with Crippen LogP contribution < -0.4 is 5.32 Å². The highest BCUT2D eigenvalue weighted by Crippen LogP contribution is 2.19. The van der Waals surface area contributed by atoms with Crippen molar-refractivity contribution in [1.82, 2.24) is 5.32 Å². The quantitative estimate of drug-likeness (QED) is 0.834. The normalized spacial score (nSPS) is 22.2. The number of Topliss-reactive ketones (excluding diaryl/α,β-unsaturated/α-hetero) is 1. The molecule has 3 heteroatoms. The van der Waals surface area contributed by atoms with Crippen molar-refractivity contribution in [3.63, 3.8) is 0 Å². The second kappa shape index (κ2) is 6.10. The van der Waals surface area contributed by atoms with Crippen LogP contribution in [0.15, 0.2) is 24.3 Å². The zero-order valence-corrected chi connectivity index (χ0v) is 10.8. The van der Waals surface area contributed by atoms with Gasteiger partial charge in [-0.15, -0.1) is 0 Å². The van der Waals surface area contributed by atoms with E-state index in [2.05, 4.69) is 5.32 Å². The molecule has 0 amide bonds. The van der Waals surface area contributed by atoms with Gasteiger partial charge in [0.05, 0.1) is 0 Å². The molecule has 1 N–H and O–H groups in total. The molecule has 2 rings (SSSR count). The number of ketones is 1. The molecule has 1 aliphatic heterocycles. The summed E-state index contributed by atoms with van der Waals surface area (Å²) in [7, 11) is 0. The average Bonchev–Trinajstić information content (AvgIpc) is 2.67.